The molecule has 0 radical (unpaired) electrons. The fraction of sp³-hybridized carbons (Fsp3) is 0.800. The van der Waals surface area contributed by atoms with E-state index in [1.807, 2.05) is 6.20 Å². The second-order valence-electron chi connectivity index (χ2n) is 5.63. The quantitative estimate of drug-likeness (QED) is 0.742. The van der Waals surface area contributed by atoms with Gasteiger partial charge in [-0.3, -0.25) is 4.68 Å². The van der Waals surface area contributed by atoms with Crippen molar-refractivity contribution in [3.05, 3.63) is 16.4 Å². The Kier molecular flexibility index (Phi) is 7.77. The Balaban J connectivity index is 3.02. The third kappa shape index (κ3) is 4.57. The van der Waals surface area contributed by atoms with Gasteiger partial charge in [-0.25, -0.2) is 0 Å². The summed E-state index contributed by atoms with van der Waals surface area (Å²) in [7, 11) is 1.72. The van der Waals surface area contributed by atoms with E-state index in [1.54, 1.807) is 7.11 Å². The molecule has 0 spiro atoms. The molecule has 1 aromatic heterocycles. The average molecular weight is 346 g/mol. The van der Waals surface area contributed by atoms with E-state index < -0.39 is 0 Å². The van der Waals surface area contributed by atoms with Gasteiger partial charge in [-0.1, -0.05) is 27.7 Å². The molecule has 4 nitrogen and oxygen atoms in total. The normalized spacial score (nSPS) is 14.8. The highest BCUT2D eigenvalue weighted by atomic mass is 79.9. The number of halogens is 1. The van der Waals surface area contributed by atoms with Gasteiger partial charge in [0.2, 0.25) is 0 Å². The fourth-order valence-corrected chi connectivity index (χ4v) is 2.80. The van der Waals surface area contributed by atoms with Crippen LogP contribution in [0.15, 0.2) is 10.7 Å². The maximum Gasteiger partial charge on any atom is 0.0699 e. The van der Waals surface area contributed by atoms with Gasteiger partial charge >= 0.3 is 0 Å². The zero-order chi connectivity index (χ0) is 15.1. The molecule has 0 amide bonds. The maximum atomic E-state index is 5.18. The molecule has 1 heterocycles. The summed E-state index contributed by atoms with van der Waals surface area (Å²) < 4.78 is 8.32. The van der Waals surface area contributed by atoms with Crippen LogP contribution in [0, 0.1) is 11.8 Å². The molecule has 0 saturated carbocycles. The van der Waals surface area contributed by atoms with Crippen LogP contribution in [0.4, 0.5) is 0 Å². The molecular weight excluding hydrogens is 318 g/mol. The molecule has 1 N–H and O–H groups in total. The lowest BCUT2D eigenvalue weighted by Crippen LogP contribution is -2.32. The lowest BCUT2D eigenvalue weighted by Gasteiger charge is -2.29. The average Bonchev–Trinajstić information content (AvgIpc) is 2.78. The van der Waals surface area contributed by atoms with Crippen LogP contribution >= 0.6 is 15.9 Å². The molecule has 2 unspecified atom stereocenters. The van der Waals surface area contributed by atoms with Crippen molar-refractivity contribution in [1.82, 2.24) is 15.1 Å². The summed E-state index contributed by atoms with van der Waals surface area (Å²) in [6.45, 7) is 11.5. The van der Waals surface area contributed by atoms with Gasteiger partial charge in [0.15, 0.2) is 0 Å². The molecule has 0 saturated heterocycles. The van der Waals surface area contributed by atoms with Gasteiger partial charge in [0.25, 0.3) is 0 Å². The molecule has 0 bridgehead atoms. The molecular formula is C15H28BrN3O. The van der Waals surface area contributed by atoms with Gasteiger partial charge in [0.05, 0.1) is 35.6 Å². The molecule has 0 aromatic carbocycles. The van der Waals surface area contributed by atoms with Gasteiger partial charge in [0, 0.05) is 7.11 Å². The van der Waals surface area contributed by atoms with E-state index in [0.717, 1.165) is 24.0 Å². The van der Waals surface area contributed by atoms with Crippen molar-refractivity contribution in [2.24, 2.45) is 11.8 Å². The number of nitrogens with zero attached hydrogens (tertiary/aromatic N) is 2. The smallest absolute Gasteiger partial charge is 0.0699 e. The lowest BCUT2D eigenvalue weighted by molar-refractivity contribution is 0.179. The van der Waals surface area contributed by atoms with Crippen LogP contribution in [0.3, 0.4) is 0 Å². The van der Waals surface area contributed by atoms with E-state index >= 15 is 0 Å². The predicted molar refractivity (Wildman–Crippen MR) is 86.8 cm³/mol. The van der Waals surface area contributed by atoms with Gasteiger partial charge in [-0.15, -0.1) is 0 Å². The number of ether oxygens (including phenoxy) is 1. The van der Waals surface area contributed by atoms with Crippen molar-refractivity contribution in [2.45, 2.75) is 46.7 Å². The minimum Gasteiger partial charge on any atom is -0.383 e. The van der Waals surface area contributed by atoms with Crippen LogP contribution in [0.2, 0.25) is 0 Å². The number of hydrogen-bond acceptors (Lipinski definition) is 3. The van der Waals surface area contributed by atoms with E-state index in [2.05, 4.69) is 58.7 Å². The van der Waals surface area contributed by atoms with E-state index in [1.165, 1.54) is 5.69 Å². The first-order valence-corrected chi connectivity index (χ1v) is 8.25. The predicted octanol–water partition coefficient (Wildman–Crippen LogP) is 3.62. The van der Waals surface area contributed by atoms with Crippen LogP contribution in [0.1, 0.15) is 45.9 Å². The third-order valence-electron chi connectivity index (χ3n) is 3.83. The van der Waals surface area contributed by atoms with Crippen molar-refractivity contribution in [1.29, 1.82) is 0 Å². The Morgan fingerprint density at radius 1 is 1.40 bits per heavy atom. The topological polar surface area (TPSA) is 39.1 Å². The number of hydrogen-bond donors (Lipinski definition) is 1. The van der Waals surface area contributed by atoms with Gasteiger partial charge < -0.3 is 10.1 Å². The minimum atomic E-state index is 0.309. The van der Waals surface area contributed by atoms with E-state index in [-0.39, 0.29) is 0 Å². The maximum absolute atomic E-state index is 5.18. The number of methoxy groups -OCH3 is 1. The summed E-state index contributed by atoms with van der Waals surface area (Å²) in [5, 5.41) is 8.15. The second-order valence-corrected chi connectivity index (χ2v) is 6.48. The monoisotopic (exact) mass is 345 g/mol. The highest BCUT2D eigenvalue weighted by Gasteiger charge is 2.26. The Morgan fingerprint density at radius 3 is 2.65 bits per heavy atom. The van der Waals surface area contributed by atoms with Crippen molar-refractivity contribution in [3.63, 3.8) is 0 Å². The summed E-state index contributed by atoms with van der Waals surface area (Å²) in [6.07, 6.45) is 3.02. The second kappa shape index (κ2) is 8.80. The zero-order valence-electron chi connectivity index (χ0n) is 13.3. The van der Waals surface area contributed by atoms with Crippen molar-refractivity contribution >= 4 is 15.9 Å². The molecule has 1 rings (SSSR count). The SMILES string of the molecule is CCCNC(c1c(Br)cnn1CCOC)C(C)C(C)C. The first kappa shape index (κ1) is 17.7. The number of aromatic nitrogens is 2. The standard InChI is InChI=1S/C15H28BrN3O/c1-6-7-17-14(12(4)11(2)3)15-13(16)10-18-19(15)8-9-20-5/h10-12,14,17H,6-9H2,1-5H3. The van der Waals surface area contributed by atoms with Crippen LogP contribution in [0.25, 0.3) is 0 Å². The van der Waals surface area contributed by atoms with Crippen LogP contribution in [-0.4, -0.2) is 30.0 Å². The van der Waals surface area contributed by atoms with E-state index in [9.17, 15) is 0 Å². The number of nitrogens with one attached hydrogen (secondary N) is 1. The lowest BCUT2D eigenvalue weighted by atomic mass is 9.88. The van der Waals surface area contributed by atoms with Crippen molar-refractivity contribution in [3.8, 4) is 0 Å². The largest absolute Gasteiger partial charge is 0.383 e. The highest BCUT2D eigenvalue weighted by Crippen LogP contribution is 2.32. The zero-order valence-corrected chi connectivity index (χ0v) is 14.9. The molecule has 5 heteroatoms. The summed E-state index contributed by atoms with van der Waals surface area (Å²) in [6, 6.07) is 0.309. The minimum absolute atomic E-state index is 0.309. The molecule has 1 aromatic rings. The van der Waals surface area contributed by atoms with Crippen molar-refractivity contribution < 1.29 is 4.74 Å². The summed E-state index contributed by atoms with van der Waals surface area (Å²) >= 11 is 3.65. The Bertz CT molecular complexity index is 392. The summed E-state index contributed by atoms with van der Waals surface area (Å²) in [5.74, 6) is 1.15. The molecule has 0 fully saturated rings. The first-order valence-electron chi connectivity index (χ1n) is 7.46. The summed E-state index contributed by atoms with van der Waals surface area (Å²) in [5.41, 5.74) is 1.23. The fourth-order valence-electron chi connectivity index (χ4n) is 2.25. The van der Waals surface area contributed by atoms with Gasteiger partial charge in [-0.2, -0.15) is 5.10 Å². The van der Waals surface area contributed by atoms with Gasteiger partial charge in [-0.05, 0) is 40.7 Å². The molecule has 0 aliphatic rings. The number of rotatable bonds is 9. The Labute approximate surface area is 131 Å². The van der Waals surface area contributed by atoms with E-state index in [4.69, 9.17) is 4.74 Å². The molecule has 2 atom stereocenters. The van der Waals surface area contributed by atoms with Crippen LogP contribution in [0.5, 0.6) is 0 Å². The molecule has 116 valence electrons. The van der Waals surface area contributed by atoms with Crippen molar-refractivity contribution in [2.75, 3.05) is 20.3 Å². The highest BCUT2D eigenvalue weighted by molar-refractivity contribution is 9.10. The molecule has 0 aliphatic heterocycles. The Hall–Kier alpha value is -0.390. The Morgan fingerprint density at radius 2 is 2.10 bits per heavy atom. The van der Waals surface area contributed by atoms with E-state index in [0.29, 0.717) is 24.5 Å². The van der Waals surface area contributed by atoms with Crippen LogP contribution in [-0.2, 0) is 11.3 Å². The molecule has 0 aliphatic carbocycles. The first-order chi connectivity index (χ1) is 9.52. The summed E-state index contributed by atoms with van der Waals surface area (Å²) in [4.78, 5) is 0. The molecule has 20 heavy (non-hydrogen) atoms. The van der Waals surface area contributed by atoms with Crippen LogP contribution < -0.4 is 5.32 Å². The van der Waals surface area contributed by atoms with Gasteiger partial charge in [0.1, 0.15) is 0 Å². The third-order valence-corrected chi connectivity index (χ3v) is 4.44.